The average molecular weight is 218 g/mol. The minimum Gasteiger partial charge on any atom is -0.476 e. The normalized spacial score (nSPS) is 28.3. The highest BCUT2D eigenvalue weighted by Gasteiger charge is 2.34. The van der Waals surface area contributed by atoms with Crippen LogP contribution in [-0.4, -0.2) is 30.1 Å². The van der Waals surface area contributed by atoms with Gasteiger partial charge in [0.15, 0.2) is 6.23 Å². The third-order valence-electron chi connectivity index (χ3n) is 3.05. The van der Waals surface area contributed by atoms with Crippen molar-refractivity contribution in [2.75, 3.05) is 13.1 Å². The average Bonchev–Trinajstić information content (AvgIpc) is 2.62. The van der Waals surface area contributed by atoms with E-state index in [4.69, 9.17) is 4.74 Å². The zero-order chi connectivity index (χ0) is 11.1. The van der Waals surface area contributed by atoms with Crippen LogP contribution in [0.3, 0.4) is 0 Å². The topological polar surface area (TPSA) is 41.6 Å². The van der Waals surface area contributed by atoms with E-state index in [0.717, 1.165) is 24.2 Å². The van der Waals surface area contributed by atoms with Crippen LogP contribution >= 0.6 is 0 Å². The summed E-state index contributed by atoms with van der Waals surface area (Å²) < 4.78 is 5.59. The lowest BCUT2D eigenvalue weighted by molar-refractivity contribution is -0.125. The summed E-state index contributed by atoms with van der Waals surface area (Å²) in [6, 6.07) is 0. The van der Waals surface area contributed by atoms with Crippen molar-refractivity contribution in [1.82, 2.24) is 10.2 Å². The van der Waals surface area contributed by atoms with E-state index >= 15 is 0 Å². The molecule has 0 aromatic carbocycles. The second-order valence-corrected chi connectivity index (χ2v) is 4.34. The Labute approximate surface area is 94.3 Å². The summed E-state index contributed by atoms with van der Waals surface area (Å²) in [5, 5.41) is 3.19. The molecule has 0 unspecified atom stereocenters. The highest BCUT2D eigenvalue weighted by Crippen LogP contribution is 2.27. The number of nitrogens with one attached hydrogen (secondary N) is 1. The summed E-state index contributed by atoms with van der Waals surface area (Å²) in [5.41, 5.74) is 2.78. The monoisotopic (exact) mass is 218 g/mol. The van der Waals surface area contributed by atoms with Gasteiger partial charge in [0.05, 0.1) is 11.3 Å². The molecule has 0 spiro atoms. The van der Waals surface area contributed by atoms with Crippen molar-refractivity contribution in [2.45, 2.75) is 19.6 Å². The SMILES string of the molecule is CC1=CC2=CO[C@@H]3NCCC=C3C(=O)N2C1. The first-order valence-corrected chi connectivity index (χ1v) is 5.54. The fourth-order valence-corrected chi connectivity index (χ4v) is 2.28. The van der Waals surface area contributed by atoms with Crippen LogP contribution in [0, 0.1) is 0 Å². The number of allylic oxidation sites excluding steroid dienone is 1. The van der Waals surface area contributed by atoms with Crippen LogP contribution in [-0.2, 0) is 9.53 Å². The van der Waals surface area contributed by atoms with Crippen molar-refractivity contribution in [3.63, 3.8) is 0 Å². The second-order valence-electron chi connectivity index (χ2n) is 4.34. The Balaban J connectivity index is 1.99. The zero-order valence-corrected chi connectivity index (χ0v) is 9.19. The fourth-order valence-electron chi connectivity index (χ4n) is 2.28. The molecule has 0 radical (unpaired) electrons. The lowest BCUT2D eigenvalue weighted by Gasteiger charge is -2.24. The maximum Gasteiger partial charge on any atom is 0.259 e. The molecule has 0 aromatic rings. The van der Waals surface area contributed by atoms with E-state index in [0.29, 0.717) is 6.54 Å². The molecule has 4 heteroatoms. The van der Waals surface area contributed by atoms with Gasteiger partial charge in [-0.2, -0.15) is 0 Å². The molecule has 4 nitrogen and oxygen atoms in total. The Morgan fingerprint density at radius 1 is 1.56 bits per heavy atom. The van der Waals surface area contributed by atoms with E-state index in [-0.39, 0.29) is 12.1 Å². The Morgan fingerprint density at radius 2 is 2.44 bits per heavy atom. The molecule has 3 rings (SSSR count). The van der Waals surface area contributed by atoms with Crippen molar-refractivity contribution in [2.24, 2.45) is 0 Å². The summed E-state index contributed by atoms with van der Waals surface area (Å²) in [6.07, 6.45) is 6.27. The van der Waals surface area contributed by atoms with E-state index in [9.17, 15) is 4.79 Å². The molecule has 1 atom stereocenters. The fraction of sp³-hybridized carbons (Fsp3) is 0.417. The molecule has 16 heavy (non-hydrogen) atoms. The zero-order valence-electron chi connectivity index (χ0n) is 9.19. The maximum atomic E-state index is 12.3. The van der Waals surface area contributed by atoms with E-state index < -0.39 is 0 Å². The largest absolute Gasteiger partial charge is 0.476 e. The van der Waals surface area contributed by atoms with Crippen LogP contribution < -0.4 is 5.32 Å². The number of carbonyl (C=O) groups excluding carboxylic acids is 1. The van der Waals surface area contributed by atoms with Crippen LogP contribution in [0.2, 0.25) is 0 Å². The lowest BCUT2D eigenvalue weighted by atomic mass is 10.1. The number of carbonyl (C=O) groups is 1. The molecule has 3 aliphatic heterocycles. The van der Waals surface area contributed by atoms with Gasteiger partial charge in [-0.05, 0) is 19.4 Å². The van der Waals surface area contributed by atoms with Gasteiger partial charge in [-0.25, -0.2) is 0 Å². The Bertz CT molecular complexity index is 434. The molecular formula is C12H14N2O2. The van der Waals surface area contributed by atoms with Crippen LogP contribution in [0.1, 0.15) is 13.3 Å². The summed E-state index contributed by atoms with van der Waals surface area (Å²) in [6.45, 7) is 3.56. The molecule has 0 aromatic heterocycles. The van der Waals surface area contributed by atoms with Crippen molar-refractivity contribution >= 4 is 5.91 Å². The van der Waals surface area contributed by atoms with Crippen molar-refractivity contribution in [1.29, 1.82) is 0 Å². The first-order valence-electron chi connectivity index (χ1n) is 5.54. The van der Waals surface area contributed by atoms with Gasteiger partial charge in [0.1, 0.15) is 6.26 Å². The van der Waals surface area contributed by atoms with Crippen LogP contribution in [0.15, 0.2) is 35.3 Å². The van der Waals surface area contributed by atoms with E-state index in [1.807, 2.05) is 19.1 Å². The summed E-state index contributed by atoms with van der Waals surface area (Å²) in [7, 11) is 0. The number of rotatable bonds is 0. The smallest absolute Gasteiger partial charge is 0.259 e. The predicted octanol–water partition coefficient (Wildman–Crippen LogP) is 0.892. The van der Waals surface area contributed by atoms with Crippen molar-refractivity contribution < 1.29 is 9.53 Å². The second kappa shape index (κ2) is 3.49. The minimum absolute atomic E-state index is 0.0639. The summed E-state index contributed by atoms with van der Waals surface area (Å²) in [5.74, 6) is 0.0639. The molecule has 0 saturated heterocycles. The number of hydrogen-bond donors (Lipinski definition) is 1. The standard InChI is InChI=1S/C12H14N2O2/c1-8-5-9-7-16-11-10(3-2-4-13-11)12(15)14(9)6-8/h3,5,7,11,13H,2,4,6H2,1H3/t11-/m0/s1. The van der Waals surface area contributed by atoms with Gasteiger partial charge in [0.2, 0.25) is 0 Å². The van der Waals surface area contributed by atoms with Gasteiger partial charge in [0, 0.05) is 13.1 Å². The van der Waals surface area contributed by atoms with Crippen LogP contribution in [0.25, 0.3) is 0 Å². The highest BCUT2D eigenvalue weighted by molar-refractivity contribution is 5.96. The molecule has 1 amide bonds. The Kier molecular flexibility index (Phi) is 2.11. The number of fused-ring (bicyclic) bond motifs is 2. The van der Waals surface area contributed by atoms with Gasteiger partial charge < -0.3 is 9.64 Å². The molecule has 1 N–H and O–H groups in total. The molecule has 3 aliphatic rings. The van der Waals surface area contributed by atoms with Crippen molar-refractivity contribution in [3.8, 4) is 0 Å². The molecule has 3 heterocycles. The van der Waals surface area contributed by atoms with Gasteiger partial charge >= 0.3 is 0 Å². The maximum absolute atomic E-state index is 12.3. The number of hydrogen-bond acceptors (Lipinski definition) is 3. The molecule has 0 saturated carbocycles. The van der Waals surface area contributed by atoms with Gasteiger partial charge in [0.25, 0.3) is 5.91 Å². The first-order chi connectivity index (χ1) is 7.75. The third kappa shape index (κ3) is 1.38. The quantitative estimate of drug-likeness (QED) is 0.656. The number of nitrogens with zero attached hydrogens (tertiary/aromatic N) is 1. The Hall–Kier alpha value is -1.55. The molecule has 0 aliphatic carbocycles. The first kappa shape index (κ1) is 9.66. The van der Waals surface area contributed by atoms with E-state index in [1.165, 1.54) is 5.57 Å². The van der Waals surface area contributed by atoms with E-state index in [1.54, 1.807) is 11.2 Å². The van der Waals surface area contributed by atoms with Gasteiger partial charge in [-0.3, -0.25) is 10.1 Å². The van der Waals surface area contributed by atoms with Gasteiger partial charge in [-0.1, -0.05) is 11.6 Å². The molecule has 84 valence electrons. The third-order valence-corrected chi connectivity index (χ3v) is 3.05. The van der Waals surface area contributed by atoms with Gasteiger partial charge in [-0.15, -0.1) is 0 Å². The summed E-state index contributed by atoms with van der Waals surface area (Å²) >= 11 is 0. The Morgan fingerprint density at radius 3 is 3.31 bits per heavy atom. The highest BCUT2D eigenvalue weighted by atomic mass is 16.5. The minimum atomic E-state index is -0.270. The lowest BCUT2D eigenvalue weighted by Crippen LogP contribution is -2.41. The predicted molar refractivity (Wildman–Crippen MR) is 59.1 cm³/mol. The molecule has 0 fully saturated rings. The van der Waals surface area contributed by atoms with Crippen LogP contribution in [0.4, 0.5) is 0 Å². The van der Waals surface area contributed by atoms with Crippen LogP contribution in [0.5, 0.6) is 0 Å². The van der Waals surface area contributed by atoms with E-state index in [2.05, 4.69) is 5.32 Å². The van der Waals surface area contributed by atoms with Crippen molar-refractivity contribution in [3.05, 3.63) is 35.3 Å². The molecule has 0 bridgehead atoms. The number of ether oxygens (including phenoxy) is 1. The number of amides is 1. The summed E-state index contributed by atoms with van der Waals surface area (Å²) in [4.78, 5) is 14.0. The molecular weight excluding hydrogens is 204 g/mol.